The minimum atomic E-state index is -0.361. The summed E-state index contributed by atoms with van der Waals surface area (Å²) < 4.78 is 18.2. The lowest BCUT2D eigenvalue weighted by atomic mass is 10.1. The Balaban J connectivity index is 1.76. The van der Waals surface area contributed by atoms with Crippen molar-refractivity contribution in [2.75, 3.05) is 18.6 Å². The lowest BCUT2D eigenvalue weighted by Gasteiger charge is -2.28. The number of amides is 2. The lowest BCUT2D eigenvalue weighted by Crippen LogP contribution is -2.44. The molecule has 0 fully saturated rings. The maximum atomic E-state index is 13.2. The van der Waals surface area contributed by atoms with Gasteiger partial charge < -0.3 is 10.1 Å². The Kier molecular flexibility index (Phi) is 4.41. The predicted octanol–water partition coefficient (Wildman–Crippen LogP) is 2.53. The van der Waals surface area contributed by atoms with Crippen LogP contribution in [0.3, 0.4) is 0 Å². The zero-order valence-corrected chi connectivity index (χ0v) is 13.1. The number of pyridine rings is 1. The number of nitrogens with one attached hydrogen (secondary N) is 1. The topological polar surface area (TPSA) is 71.5 Å². The van der Waals surface area contributed by atoms with Crippen LogP contribution < -0.4 is 15.0 Å². The maximum Gasteiger partial charge on any atom is 0.322 e. The van der Waals surface area contributed by atoms with Crippen LogP contribution >= 0.6 is 0 Å². The number of ketones is 1. The molecule has 3 rings (SSSR count). The van der Waals surface area contributed by atoms with Gasteiger partial charge in [-0.1, -0.05) is 12.1 Å². The summed E-state index contributed by atoms with van der Waals surface area (Å²) >= 11 is 0. The molecular formula is C17H16FN3O3. The monoisotopic (exact) mass is 329 g/mol. The number of fused-ring (bicyclic) bond motifs is 1. The summed E-state index contributed by atoms with van der Waals surface area (Å²) in [4.78, 5) is 30.0. The summed E-state index contributed by atoms with van der Waals surface area (Å²) in [7, 11) is 1.46. The second kappa shape index (κ2) is 6.66. The molecule has 1 N–H and O–H groups in total. The average Bonchev–Trinajstić information content (AvgIpc) is 2.60. The zero-order valence-electron chi connectivity index (χ0n) is 13.1. The molecule has 2 amide bonds. The van der Waals surface area contributed by atoms with Crippen molar-refractivity contribution in [3.63, 3.8) is 0 Å². The van der Waals surface area contributed by atoms with Crippen LogP contribution in [0.25, 0.3) is 0 Å². The van der Waals surface area contributed by atoms with Gasteiger partial charge in [-0.05, 0) is 23.8 Å². The number of aromatic nitrogens is 1. The third-order valence-electron chi connectivity index (χ3n) is 3.75. The highest BCUT2D eigenvalue weighted by molar-refractivity contribution is 6.07. The van der Waals surface area contributed by atoms with Gasteiger partial charge in [-0.2, -0.15) is 0 Å². The van der Waals surface area contributed by atoms with Gasteiger partial charge in [0.05, 0.1) is 12.8 Å². The van der Waals surface area contributed by atoms with E-state index in [0.29, 0.717) is 17.1 Å². The number of nitrogens with zero attached hydrogens (tertiary/aromatic N) is 2. The van der Waals surface area contributed by atoms with Crippen LogP contribution in [0.1, 0.15) is 22.5 Å². The van der Waals surface area contributed by atoms with E-state index in [1.54, 1.807) is 24.3 Å². The number of hydrogen-bond donors (Lipinski definition) is 1. The van der Waals surface area contributed by atoms with E-state index in [4.69, 9.17) is 4.74 Å². The minimum absolute atomic E-state index is 0.127. The van der Waals surface area contributed by atoms with E-state index in [2.05, 4.69) is 10.3 Å². The van der Waals surface area contributed by atoms with Gasteiger partial charge in [0.1, 0.15) is 11.5 Å². The number of hydrogen-bond acceptors (Lipinski definition) is 4. The predicted molar refractivity (Wildman–Crippen MR) is 85.7 cm³/mol. The number of halogens is 1. The Hall–Kier alpha value is -2.96. The fourth-order valence-corrected chi connectivity index (χ4v) is 2.55. The molecule has 1 aliphatic rings. The van der Waals surface area contributed by atoms with Crippen molar-refractivity contribution in [1.82, 2.24) is 10.3 Å². The normalized spacial score (nSPS) is 13.4. The zero-order chi connectivity index (χ0) is 17.1. The number of anilines is 1. The van der Waals surface area contributed by atoms with Crippen LogP contribution in [0.2, 0.25) is 0 Å². The van der Waals surface area contributed by atoms with Crippen molar-refractivity contribution in [3.05, 3.63) is 53.5 Å². The molecule has 1 aromatic carbocycles. The molecular weight excluding hydrogens is 313 g/mol. The quantitative estimate of drug-likeness (QED) is 0.939. The van der Waals surface area contributed by atoms with Crippen molar-refractivity contribution in [2.45, 2.75) is 13.0 Å². The van der Waals surface area contributed by atoms with E-state index in [9.17, 15) is 14.0 Å². The molecule has 2 aromatic rings. The molecule has 1 aliphatic heterocycles. The molecule has 0 unspecified atom stereocenters. The van der Waals surface area contributed by atoms with E-state index in [1.165, 1.54) is 24.1 Å². The van der Waals surface area contributed by atoms with Crippen molar-refractivity contribution < 1.29 is 18.7 Å². The molecule has 24 heavy (non-hydrogen) atoms. The molecule has 0 atom stereocenters. The van der Waals surface area contributed by atoms with E-state index in [1.807, 2.05) is 0 Å². The van der Waals surface area contributed by atoms with Crippen LogP contribution in [0, 0.1) is 5.82 Å². The van der Waals surface area contributed by atoms with Crippen LogP contribution in [0.15, 0.2) is 36.4 Å². The van der Waals surface area contributed by atoms with Gasteiger partial charge in [-0.15, -0.1) is 0 Å². The molecule has 6 nitrogen and oxygen atoms in total. The van der Waals surface area contributed by atoms with Gasteiger partial charge in [0.2, 0.25) is 5.88 Å². The van der Waals surface area contributed by atoms with Crippen LogP contribution in [-0.4, -0.2) is 30.5 Å². The van der Waals surface area contributed by atoms with Gasteiger partial charge in [0, 0.05) is 25.6 Å². The number of carbonyl (C=O) groups excluding carboxylic acids is 2. The number of benzene rings is 1. The Bertz CT molecular complexity index is 794. The van der Waals surface area contributed by atoms with E-state index in [0.717, 1.165) is 0 Å². The fourth-order valence-electron chi connectivity index (χ4n) is 2.55. The highest BCUT2D eigenvalue weighted by Crippen LogP contribution is 2.27. The smallest absolute Gasteiger partial charge is 0.322 e. The summed E-state index contributed by atoms with van der Waals surface area (Å²) in [6.45, 7) is 0.467. The Morgan fingerprint density at radius 2 is 2.21 bits per heavy atom. The van der Waals surface area contributed by atoms with E-state index >= 15 is 0 Å². The summed E-state index contributed by atoms with van der Waals surface area (Å²) in [5.74, 6) is -0.158. The third kappa shape index (κ3) is 3.19. The van der Waals surface area contributed by atoms with Crippen molar-refractivity contribution >= 4 is 17.5 Å². The van der Waals surface area contributed by atoms with Gasteiger partial charge in [-0.25, -0.2) is 14.2 Å². The standard InChI is InChI=1S/C17H16FN3O3/c1-24-15-6-5-13-16(20-15)14(22)7-8-21(13)17(23)19-10-11-3-2-4-12(18)9-11/h2-6,9H,7-8,10H2,1H3,(H,19,23). The fraction of sp³-hybridized carbons (Fsp3) is 0.235. The lowest BCUT2D eigenvalue weighted by molar-refractivity contribution is 0.0975. The first-order chi connectivity index (χ1) is 11.6. The Labute approximate surface area is 138 Å². The molecule has 0 bridgehead atoms. The van der Waals surface area contributed by atoms with Crippen molar-refractivity contribution in [1.29, 1.82) is 0 Å². The molecule has 2 heterocycles. The third-order valence-corrected chi connectivity index (χ3v) is 3.75. The second-order valence-corrected chi connectivity index (χ2v) is 5.33. The molecule has 0 aliphatic carbocycles. The molecule has 124 valence electrons. The number of Topliss-reactive ketones (excluding diaryl/α,β-unsaturated/α-hetero) is 1. The highest BCUT2D eigenvalue weighted by Gasteiger charge is 2.28. The van der Waals surface area contributed by atoms with Crippen molar-refractivity contribution in [3.8, 4) is 5.88 Å². The molecule has 0 saturated heterocycles. The molecule has 1 aromatic heterocycles. The second-order valence-electron chi connectivity index (χ2n) is 5.33. The summed E-state index contributed by atoms with van der Waals surface area (Å²) in [6, 6.07) is 8.90. The molecule has 0 spiro atoms. The number of carbonyl (C=O) groups is 2. The first kappa shape index (κ1) is 15.9. The minimum Gasteiger partial charge on any atom is -0.481 e. The highest BCUT2D eigenvalue weighted by atomic mass is 19.1. The van der Waals surface area contributed by atoms with Gasteiger partial charge in [0.25, 0.3) is 0 Å². The van der Waals surface area contributed by atoms with Gasteiger partial charge in [0.15, 0.2) is 5.78 Å². The largest absolute Gasteiger partial charge is 0.481 e. The number of ether oxygens (including phenoxy) is 1. The maximum absolute atomic E-state index is 13.2. The van der Waals surface area contributed by atoms with Crippen molar-refractivity contribution in [2.24, 2.45) is 0 Å². The summed E-state index contributed by atoms with van der Waals surface area (Å²) in [6.07, 6.45) is 0.195. The average molecular weight is 329 g/mol. The van der Waals surface area contributed by atoms with E-state index in [-0.39, 0.29) is 42.8 Å². The molecule has 0 saturated carbocycles. The number of urea groups is 1. The van der Waals surface area contributed by atoms with Gasteiger partial charge >= 0.3 is 6.03 Å². The number of rotatable bonds is 3. The Morgan fingerprint density at radius 3 is 2.96 bits per heavy atom. The van der Waals surface area contributed by atoms with Crippen LogP contribution in [0.4, 0.5) is 14.9 Å². The SMILES string of the molecule is COc1ccc2c(n1)C(=O)CCN2C(=O)NCc1cccc(F)c1. The number of methoxy groups -OCH3 is 1. The first-order valence-electron chi connectivity index (χ1n) is 7.46. The van der Waals surface area contributed by atoms with Gasteiger partial charge in [-0.3, -0.25) is 9.69 Å². The van der Waals surface area contributed by atoms with Crippen LogP contribution in [0.5, 0.6) is 5.88 Å². The van der Waals surface area contributed by atoms with Crippen LogP contribution in [-0.2, 0) is 6.54 Å². The summed E-state index contributed by atoms with van der Waals surface area (Å²) in [5.41, 5.74) is 1.33. The molecule has 0 radical (unpaired) electrons. The van der Waals surface area contributed by atoms with E-state index < -0.39 is 0 Å². The summed E-state index contributed by atoms with van der Waals surface area (Å²) in [5, 5.41) is 2.73. The molecule has 7 heteroatoms. The first-order valence-corrected chi connectivity index (χ1v) is 7.46. The Morgan fingerprint density at radius 1 is 1.38 bits per heavy atom.